The summed E-state index contributed by atoms with van der Waals surface area (Å²) in [6.07, 6.45) is 4.34. The fraction of sp³-hybridized carbons (Fsp3) is 0.174. The number of sulfonamides is 1. The van der Waals surface area contributed by atoms with Crippen molar-refractivity contribution >= 4 is 33.2 Å². The van der Waals surface area contributed by atoms with Gasteiger partial charge in [-0.2, -0.15) is 0 Å². The molecule has 0 fully saturated rings. The van der Waals surface area contributed by atoms with Gasteiger partial charge in [0.15, 0.2) is 0 Å². The fourth-order valence-corrected chi connectivity index (χ4v) is 4.37. The molecule has 0 radical (unpaired) electrons. The van der Waals surface area contributed by atoms with Gasteiger partial charge in [0.25, 0.3) is 5.91 Å². The van der Waals surface area contributed by atoms with Crippen molar-refractivity contribution < 1.29 is 18.0 Å². The number of nitrogens with zero attached hydrogens (tertiary/aromatic N) is 2. The number of amides is 2. The molecule has 9 heteroatoms. The summed E-state index contributed by atoms with van der Waals surface area (Å²) in [4.78, 5) is 29.7. The molecule has 2 aromatic carbocycles. The van der Waals surface area contributed by atoms with Crippen molar-refractivity contribution in [2.75, 3.05) is 15.9 Å². The van der Waals surface area contributed by atoms with Crippen molar-refractivity contribution in [3.63, 3.8) is 0 Å². The van der Waals surface area contributed by atoms with Crippen molar-refractivity contribution in [3.8, 4) is 0 Å². The molecular formula is C23H24N4O4S. The van der Waals surface area contributed by atoms with E-state index in [4.69, 9.17) is 0 Å². The van der Waals surface area contributed by atoms with E-state index < -0.39 is 22.0 Å². The first-order chi connectivity index (χ1) is 15.3. The summed E-state index contributed by atoms with van der Waals surface area (Å²) in [5.41, 5.74) is 1.76. The standard InChI is InChI=1S/C23H24N4O4S/c1-17(27(32(2,30)31)19-10-4-3-5-11-19)22(28)26-21-13-7-6-12-20(21)23(29)25-16-18-9-8-14-24-15-18/h3-15,17H,16H2,1-2H3,(H,25,29)(H,26,28)/t17-/m1/s1. The van der Waals surface area contributed by atoms with Crippen molar-refractivity contribution in [3.05, 3.63) is 90.3 Å². The van der Waals surface area contributed by atoms with Gasteiger partial charge in [-0.05, 0) is 42.8 Å². The summed E-state index contributed by atoms with van der Waals surface area (Å²) in [6, 6.07) is 17.5. The number of para-hydroxylation sites is 2. The number of nitrogens with one attached hydrogen (secondary N) is 2. The Morgan fingerprint density at radius 3 is 2.34 bits per heavy atom. The van der Waals surface area contributed by atoms with Gasteiger partial charge in [-0.25, -0.2) is 8.42 Å². The van der Waals surface area contributed by atoms with E-state index >= 15 is 0 Å². The van der Waals surface area contributed by atoms with Gasteiger partial charge in [-0.1, -0.05) is 36.4 Å². The van der Waals surface area contributed by atoms with Crippen LogP contribution in [0.25, 0.3) is 0 Å². The smallest absolute Gasteiger partial charge is 0.253 e. The number of carbonyl (C=O) groups excluding carboxylic acids is 2. The molecule has 0 saturated carbocycles. The Hall–Kier alpha value is -3.72. The molecule has 1 aromatic heterocycles. The Morgan fingerprint density at radius 2 is 1.69 bits per heavy atom. The number of pyridine rings is 1. The van der Waals surface area contributed by atoms with Gasteiger partial charge in [0.2, 0.25) is 15.9 Å². The van der Waals surface area contributed by atoms with Crippen molar-refractivity contribution in [2.45, 2.75) is 19.5 Å². The molecule has 1 heterocycles. The minimum absolute atomic E-state index is 0.266. The molecule has 8 nitrogen and oxygen atoms in total. The van der Waals surface area contributed by atoms with Crippen LogP contribution >= 0.6 is 0 Å². The highest BCUT2D eigenvalue weighted by Gasteiger charge is 2.29. The van der Waals surface area contributed by atoms with Crippen molar-refractivity contribution in [1.82, 2.24) is 10.3 Å². The van der Waals surface area contributed by atoms with E-state index in [1.165, 1.54) is 6.92 Å². The molecule has 2 amide bonds. The highest BCUT2D eigenvalue weighted by molar-refractivity contribution is 7.92. The first kappa shape index (κ1) is 23.0. The van der Waals surface area contributed by atoms with Crippen LogP contribution in [0.15, 0.2) is 79.1 Å². The van der Waals surface area contributed by atoms with E-state index in [0.717, 1.165) is 16.1 Å². The van der Waals surface area contributed by atoms with Crippen LogP contribution in [0.4, 0.5) is 11.4 Å². The molecule has 2 N–H and O–H groups in total. The van der Waals surface area contributed by atoms with Gasteiger partial charge >= 0.3 is 0 Å². The minimum Gasteiger partial charge on any atom is -0.348 e. The highest BCUT2D eigenvalue weighted by atomic mass is 32.2. The second kappa shape index (κ2) is 10.1. The zero-order valence-corrected chi connectivity index (χ0v) is 18.5. The Kier molecular flexibility index (Phi) is 7.21. The van der Waals surface area contributed by atoms with E-state index in [9.17, 15) is 18.0 Å². The SMILES string of the molecule is C[C@H](C(=O)Nc1ccccc1C(=O)NCc1cccnc1)N(c1ccccc1)S(C)(=O)=O. The predicted molar refractivity (Wildman–Crippen MR) is 124 cm³/mol. The topological polar surface area (TPSA) is 108 Å². The molecule has 0 aliphatic heterocycles. The minimum atomic E-state index is -3.73. The average Bonchev–Trinajstić information content (AvgIpc) is 2.78. The van der Waals surface area contributed by atoms with Crippen LogP contribution in [-0.2, 0) is 21.4 Å². The Bertz CT molecular complexity index is 1180. The van der Waals surface area contributed by atoms with Crippen molar-refractivity contribution in [2.24, 2.45) is 0 Å². The summed E-state index contributed by atoms with van der Waals surface area (Å²) >= 11 is 0. The summed E-state index contributed by atoms with van der Waals surface area (Å²) in [7, 11) is -3.73. The molecule has 0 bridgehead atoms. The zero-order chi connectivity index (χ0) is 23.1. The van der Waals surface area contributed by atoms with E-state index in [2.05, 4.69) is 15.6 Å². The first-order valence-electron chi connectivity index (χ1n) is 9.89. The number of hydrogen-bond acceptors (Lipinski definition) is 5. The Balaban J connectivity index is 1.78. The molecule has 3 aromatic rings. The van der Waals surface area contributed by atoms with E-state index in [1.54, 1.807) is 73.1 Å². The monoisotopic (exact) mass is 452 g/mol. The van der Waals surface area contributed by atoms with Crippen LogP contribution < -0.4 is 14.9 Å². The number of benzene rings is 2. The normalized spacial score (nSPS) is 11.9. The molecule has 0 unspecified atom stereocenters. The zero-order valence-electron chi connectivity index (χ0n) is 17.7. The lowest BCUT2D eigenvalue weighted by Gasteiger charge is -2.28. The Labute approximate surface area is 187 Å². The number of hydrogen-bond donors (Lipinski definition) is 2. The summed E-state index contributed by atoms with van der Waals surface area (Å²) in [5.74, 6) is -0.938. The van der Waals surface area contributed by atoms with E-state index in [0.29, 0.717) is 5.69 Å². The van der Waals surface area contributed by atoms with Crippen LogP contribution in [0, 0.1) is 0 Å². The predicted octanol–water partition coefficient (Wildman–Crippen LogP) is 2.80. The largest absolute Gasteiger partial charge is 0.348 e. The maximum absolute atomic E-state index is 13.0. The third kappa shape index (κ3) is 5.70. The second-order valence-electron chi connectivity index (χ2n) is 7.15. The lowest BCUT2D eigenvalue weighted by Crippen LogP contribution is -2.45. The van der Waals surface area contributed by atoms with Crippen LogP contribution in [0.3, 0.4) is 0 Å². The van der Waals surface area contributed by atoms with Crippen LogP contribution in [0.2, 0.25) is 0 Å². The van der Waals surface area contributed by atoms with Gasteiger partial charge in [0, 0.05) is 18.9 Å². The third-order valence-corrected chi connectivity index (χ3v) is 5.95. The average molecular weight is 453 g/mol. The quantitative estimate of drug-likeness (QED) is 0.546. The summed E-state index contributed by atoms with van der Waals surface area (Å²) in [6.45, 7) is 1.77. The van der Waals surface area contributed by atoms with Gasteiger partial charge in [-0.3, -0.25) is 18.9 Å². The maximum Gasteiger partial charge on any atom is 0.253 e. The maximum atomic E-state index is 13.0. The molecule has 166 valence electrons. The van der Waals surface area contributed by atoms with E-state index in [1.807, 2.05) is 6.07 Å². The number of aromatic nitrogens is 1. The third-order valence-electron chi connectivity index (χ3n) is 4.70. The summed E-state index contributed by atoms with van der Waals surface area (Å²) in [5, 5.41) is 5.49. The number of rotatable bonds is 8. The van der Waals surface area contributed by atoms with Gasteiger partial charge in [0.05, 0.1) is 23.2 Å². The Morgan fingerprint density at radius 1 is 1.00 bits per heavy atom. The summed E-state index contributed by atoms with van der Waals surface area (Å²) < 4.78 is 25.9. The molecule has 0 saturated heterocycles. The van der Waals surface area contributed by atoms with Crippen LogP contribution in [0.1, 0.15) is 22.8 Å². The van der Waals surface area contributed by atoms with Gasteiger partial charge < -0.3 is 10.6 Å². The van der Waals surface area contributed by atoms with Gasteiger partial charge in [-0.15, -0.1) is 0 Å². The highest BCUT2D eigenvalue weighted by Crippen LogP contribution is 2.22. The van der Waals surface area contributed by atoms with Crippen molar-refractivity contribution in [1.29, 1.82) is 0 Å². The van der Waals surface area contributed by atoms with Crippen LogP contribution in [0.5, 0.6) is 0 Å². The lowest BCUT2D eigenvalue weighted by molar-refractivity contribution is -0.116. The first-order valence-corrected chi connectivity index (χ1v) is 11.7. The lowest BCUT2D eigenvalue weighted by atomic mass is 10.1. The van der Waals surface area contributed by atoms with E-state index in [-0.39, 0.29) is 23.7 Å². The number of anilines is 2. The number of carbonyl (C=O) groups is 2. The molecular weight excluding hydrogens is 428 g/mol. The molecule has 0 aliphatic rings. The molecule has 1 atom stereocenters. The fourth-order valence-electron chi connectivity index (χ4n) is 3.19. The molecule has 0 spiro atoms. The second-order valence-corrected chi connectivity index (χ2v) is 9.01. The van der Waals surface area contributed by atoms with Gasteiger partial charge in [0.1, 0.15) is 6.04 Å². The molecule has 3 rings (SSSR count). The molecule has 32 heavy (non-hydrogen) atoms. The molecule has 0 aliphatic carbocycles. The van der Waals surface area contributed by atoms with Crippen LogP contribution in [-0.4, -0.2) is 37.5 Å².